The van der Waals surface area contributed by atoms with E-state index in [-0.39, 0.29) is 11.4 Å². The maximum absolute atomic E-state index is 11.8. The Kier molecular flexibility index (Phi) is 4.59. The molecule has 0 rings (SSSR count). The molecule has 0 saturated carbocycles. The summed E-state index contributed by atoms with van der Waals surface area (Å²) < 4.78 is 5.11. The van der Waals surface area contributed by atoms with Gasteiger partial charge in [0.2, 0.25) is 0 Å². The number of carbonyl (C=O) groups is 1. The highest BCUT2D eigenvalue weighted by atomic mass is 16.5. The van der Waals surface area contributed by atoms with Crippen molar-refractivity contribution >= 4 is 5.91 Å². The topological polar surface area (TPSA) is 38.3 Å². The standard InChI is InChI=1S/C11H23NO2/c1-7-8-10(2,3)12-9(13)11(4,5)14-6/h7-8H2,1-6H3,(H,12,13). The second-order valence-corrected chi connectivity index (χ2v) is 4.80. The normalized spacial score (nSPS) is 12.7. The maximum Gasteiger partial charge on any atom is 0.252 e. The third-order valence-corrected chi connectivity index (χ3v) is 2.38. The van der Waals surface area contributed by atoms with Crippen LogP contribution >= 0.6 is 0 Å². The lowest BCUT2D eigenvalue weighted by atomic mass is 9.97. The summed E-state index contributed by atoms with van der Waals surface area (Å²) in [5.74, 6) is -0.0570. The molecule has 0 fully saturated rings. The monoisotopic (exact) mass is 201 g/mol. The van der Waals surface area contributed by atoms with Crippen molar-refractivity contribution in [1.82, 2.24) is 5.32 Å². The van der Waals surface area contributed by atoms with Crippen molar-refractivity contribution < 1.29 is 9.53 Å². The van der Waals surface area contributed by atoms with Crippen LogP contribution in [0.25, 0.3) is 0 Å². The first-order valence-corrected chi connectivity index (χ1v) is 5.13. The molecule has 1 N–H and O–H groups in total. The SMILES string of the molecule is CCCC(C)(C)NC(=O)C(C)(C)OC. The Morgan fingerprint density at radius 1 is 1.29 bits per heavy atom. The van der Waals surface area contributed by atoms with E-state index in [1.807, 2.05) is 13.8 Å². The van der Waals surface area contributed by atoms with Gasteiger partial charge in [0, 0.05) is 12.6 Å². The molecule has 0 heterocycles. The van der Waals surface area contributed by atoms with Crippen molar-refractivity contribution in [2.75, 3.05) is 7.11 Å². The third kappa shape index (κ3) is 4.09. The molecule has 0 saturated heterocycles. The largest absolute Gasteiger partial charge is 0.369 e. The van der Waals surface area contributed by atoms with Crippen LogP contribution in [0.2, 0.25) is 0 Å². The average molecular weight is 201 g/mol. The highest BCUT2D eigenvalue weighted by Crippen LogP contribution is 2.14. The first kappa shape index (κ1) is 13.4. The molecule has 0 aromatic rings. The van der Waals surface area contributed by atoms with Gasteiger partial charge in [-0.3, -0.25) is 4.79 Å². The number of ether oxygens (including phenoxy) is 1. The third-order valence-electron chi connectivity index (χ3n) is 2.38. The highest BCUT2D eigenvalue weighted by molar-refractivity contribution is 5.84. The predicted octanol–water partition coefficient (Wildman–Crippen LogP) is 2.11. The van der Waals surface area contributed by atoms with Crippen LogP contribution in [-0.4, -0.2) is 24.2 Å². The summed E-state index contributed by atoms with van der Waals surface area (Å²) in [6, 6.07) is 0. The van der Waals surface area contributed by atoms with Crippen molar-refractivity contribution in [3.05, 3.63) is 0 Å². The molecular weight excluding hydrogens is 178 g/mol. The number of nitrogens with one attached hydrogen (secondary N) is 1. The van der Waals surface area contributed by atoms with Crippen molar-refractivity contribution in [1.29, 1.82) is 0 Å². The molecule has 3 heteroatoms. The molecule has 0 atom stereocenters. The summed E-state index contributed by atoms with van der Waals surface area (Å²) in [4.78, 5) is 11.8. The summed E-state index contributed by atoms with van der Waals surface area (Å²) in [6.07, 6.45) is 2.03. The van der Waals surface area contributed by atoms with Gasteiger partial charge in [0.25, 0.3) is 5.91 Å². The molecule has 84 valence electrons. The second kappa shape index (κ2) is 4.78. The molecule has 1 amide bonds. The van der Waals surface area contributed by atoms with Crippen LogP contribution < -0.4 is 5.32 Å². The minimum Gasteiger partial charge on any atom is -0.369 e. The van der Waals surface area contributed by atoms with Crippen LogP contribution in [0.1, 0.15) is 47.5 Å². The Morgan fingerprint density at radius 2 is 1.79 bits per heavy atom. The lowest BCUT2D eigenvalue weighted by Crippen LogP contribution is -2.52. The van der Waals surface area contributed by atoms with Gasteiger partial charge in [-0.1, -0.05) is 13.3 Å². The lowest BCUT2D eigenvalue weighted by molar-refractivity contribution is -0.141. The fourth-order valence-corrected chi connectivity index (χ4v) is 1.24. The Hall–Kier alpha value is -0.570. The first-order valence-electron chi connectivity index (χ1n) is 5.13. The van der Waals surface area contributed by atoms with E-state index < -0.39 is 5.60 Å². The molecule has 0 aliphatic heterocycles. The molecule has 0 radical (unpaired) electrons. The fraction of sp³-hybridized carbons (Fsp3) is 0.909. The van der Waals surface area contributed by atoms with E-state index in [9.17, 15) is 4.79 Å². The Balaban J connectivity index is 4.31. The summed E-state index contributed by atoms with van der Waals surface area (Å²) in [5.41, 5.74) is -0.896. The fourth-order valence-electron chi connectivity index (χ4n) is 1.24. The number of amides is 1. The van der Waals surface area contributed by atoms with Crippen LogP contribution in [0.3, 0.4) is 0 Å². The summed E-state index contributed by atoms with van der Waals surface area (Å²) >= 11 is 0. The Bertz CT molecular complexity index is 197. The van der Waals surface area contributed by atoms with Gasteiger partial charge < -0.3 is 10.1 Å². The minimum absolute atomic E-state index is 0.0570. The van der Waals surface area contributed by atoms with Gasteiger partial charge in [-0.25, -0.2) is 0 Å². The van der Waals surface area contributed by atoms with Gasteiger partial charge >= 0.3 is 0 Å². The number of hydrogen-bond acceptors (Lipinski definition) is 2. The van der Waals surface area contributed by atoms with Gasteiger partial charge in [-0.05, 0) is 34.1 Å². The molecular formula is C11H23NO2. The molecule has 0 aromatic heterocycles. The smallest absolute Gasteiger partial charge is 0.252 e. The van der Waals surface area contributed by atoms with Crippen molar-refractivity contribution in [2.24, 2.45) is 0 Å². The number of rotatable bonds is 5. The molecule has 0 aliphatic rings. The van der Waals surface area contributed by atoms with E-state index in [2.05, 4.69) is 12.2 Å². The van der Waals surface area contributed by atoms with E-state index in [1.54, 1.807) is 21.0 Å². The van der Waals surface area contributed by atoms with Gasteiger partial charge in [0.1, 0.15) is 5.60 Å². The van der Waals surface area contributed by atoms with E-state index >= 15 is 0 Å². The molecule has 0 aliphatic carbocycles. The zero-order chi connectivity index (χ0) is 11.4. The van der Waals surface area contributed by atoms with Crippen LogP contribution in [0.15, 0.2) is 0 Å². The summed E-state index contributed by atoms with van der Waals surface area (Å²) in [6.45, 7) is 9.70. The predicted molar refractivity (Wildman–Crippen MR) is 58.2 cm³/mol. The van der Waals surface area contributed by atoms with E-state index in [4.69, 9.17) is 4.74 Å². The second-order valence-electron chi connectivity index (χ2n) is 4.80. The summed E-state index contributed by atoms with van der Waals surface area (Å²) in [5, 5.41) is 2.98. The molecule has 3 nitrogen and oxygen atoms in total. The van der Waals surface area contributed by atoms with Crippen molar-refractivity contribution in [3.8, 4) is 0 Å². The van der Waals surface area contributed by atoms with Crippen molar-refractivity contribution in [2.45, 2.75) is 58.6 Å². The molecule has 0 bridgehead atoms. The van der Waals surface area contributed by atoms with E-state index in [1.165, 1.54) is 0 Å². The van der Waals surface area contributed by atoms with Crippen LogP contribution in [0.4, 0.5) is 0 Å². The number of hydrogen-bond donors (Lipinski definition) is 1. The number of carbonyl (C=O) groups excluding carboxylic acids is 1. The molecule has 0 aromatic carbocycles. The molecule has 0 spiro atoms. The van der Waals surface area contributed by atoms with E-state index in [0.717, 1.165) is 12.8 Å². The average Bonchev–Trinajstić information content (AvgIpc) is 2.03. The first-order chi connectivity index (χ1) is 6.25. The van der Waals surface area contributed by atoms with Gasteiger partial charge in [0.05, 0.1) is 0 Å². The van der Waals surface area contributed by atoms with Gasteiger partial charge in [-0.2, -0.15) is 0 Å². The van der Waals surface area contributed by atoms with Crippen LogP contribution in [-0.2, 0) is 9.53 Å². The lowest BCUT2D eigenvalue weighted by Gasteiger charge is -2.31. The summed E-state index contributed by atoms with van der Waals surface area (Å²) in [7, 11) is 1.55. The highest BCUT2D eigenvalue weighted by Gasteiger charge is 2.31. The Labute approximate surface area is 87.2 Å². The minimum atomic E-state index is -0.745. The van der Waals surface area contributed by atoms with Crippen LogP contribution in [0, 0.1) is 0 Å². The van der Waals surface area contributed by atoms with Gasteiger partial charge in [-0.15, -0.1) is 0 Å². The maximum atomic E-state index is 11.8. The quantitative estimate of drug-likeness (QED) is 0.739. The zero-order valence-electron chi connectivity index (χ0n) is 10.2. The number of methoxy groups -OCH3 is 1. The van der Waals surface area contributed by atoms with Gasteiger partial charge in [0.15, 0.2) is 0 Å². The van der Waals surface area contributed by atoms with Crippen molar-refractivity contribution in [3.63, 3.8) is 0 Å². The molecule has 14 heavy (non-hydrogen) atoms. The molecule has 0 unspecified atom stereocenters. The van der Waals surface area contributed by atoms with E-state index in [0.29, 0.717) is 0 Å². The van der Waals surface area contributed by atoms with Crippen LogP contribution in [0.5, 0.6) is 0 Å². The Morgan fingerprint density at radius 3 is 2.14 bits per heavy atom. The zero-order valence-corrected chi connectivity index (χ0v) is 10.2.